The van der Waals surface area contributed by atoms with E-state index in [1.165, 1.54) is 11.6 Å². The molecule has 0 atom stereocenters. The SMILES string of the molecule is Oc1cccnc1Cn1ccc(N=CC=S)n1. The predicted molar refractivity (Wildman–Crippen MR) is 69.0 cm³/mol. The van der Waals surface area contributed by atoms with Gasteiger partial charge in [-0.25, -0.2) is 4.99 Å². The van der Waals surface area contributed by atoms with Crippen LogP contribution in [0.5, 0.6) is 5.75 Å². The maximum Gasteiger partial charge on any atom is 0.173 e. The third kappa shape index (κ3) is 2.94. The van der Waals surface area contributed by atoms with Crippen LogP contribution in [0, 0.1) is 0 Å². The Morgan fingerprint density at radius 3 is 3.12 bits per heavy atom. The van der Waals surface area contributed by atoms with Crippen LogP contribution in [0.15, 0.2) is 35.6 Å². The molecule has 1 N–H and O–H groups in total. The number of nitrogens with zero attached hydrogens (tertiary/aromatic N) is 4. The molecular formula is C11H10N4OS. The minimum atomic E-state index is 0.159. The second-order valence-electron chi connectivity index (χ2n) is 3.25. The Labute approximate surface area is 103 Å². The van der Waals surface area contributed by atoms with Crippen molar-refractivity contribution in [3.8, 4) is 5.75 Å². The molecule has 0 bridgehead atoms. The molecule has 0 aliphatic carbocycles. The van der Waals surface area contributed by atoms with Crippen molar-refractivity contribution in [3.05, 3.63) is 36.3 Å². The van der Waals surface area contributed by atoms with Crippen LogP contribution < -0.4 is 0 Å². The van der Waals surface area contributed by atoms with Gasteiger partial charge in [0.15, 0.2) is 5.82 Å². The van der Waals surface area contributed by atoms with E-state index in [9.17, 15) is 5.11 Å². The Morgan fingerprint density at radius 2 is 2.35 bits per heavy atom. The summed E-state index contributed by atoms with van der Waals surface area (Å²) in [5, 5.41) is 15.2. The molecule has 2 aromatic heterocycles. The molecule has 6 heteroatoms. The van der Waals surface area contributed by atoms with E-state index >= 15 is 0 Å². The number of hydrogen-bond donors (Lipinski definition) is 1. The van der Waals surface area contributed by atoms with Gasteiger partial charge in [-0.3, -0.25) is 9.67 Å². The van der Waals surface area contributed by atoms with Crippen LogP contribution in [0.4, 0.5) is 5.82 Å². The summed E-state index contributed by atoms with van der Waals surface area (Å²) >= 11 is 4.63. The lowest BCUT2D eigenvalue weighted by Gasteiger charge is -2.02. The molecular weight excluding hydrogens is 236 g/mol. The number of pyridine rings is 1. The van der Waals surface area contributed by atoms with Gasteiger partial charge in [0.1, 0.15) is 11.4 Å². The zero-order valence-electron chi connectivity index (χ0n) is 8.89. The van der Waals surface area contributed by atoms with Gasteiger partial charge in [-0.1, -0.05) is 12.2 Å². The van der Waals surface area contributed by atoms with Gasteiger partial charge in [0.25, 0.3) is 0 Å². The molecule has 5 nitrogen and oxygen atoms in total. The van der Waals surface area contributed by atoms with Crippen molar-refractivity contribution >= 4 is 29.6 Å². The summed E-state index contributed by atoms with van der Waals surface area (Å²) in [6, 6.07) is 5.03. The molecule has 0 fully saturated rings. The van der Waals surface area contributed by atoms with Gasteiger partial charge in [-0.05, 0) is 12.1 Å². The number of aromatic hydroxyl groups is 1. The maximum atomic E-state index is 9.57. The molecule has 86 valence electrons. The second kappa shape index (κ2) is 5.31. The fourth-order valence-electron chi connectivity index (χ4n) is 1.32. The molecule has 0 saturated heterocycles. The fourth-order valence-corrected chi connectivity index (χ4v) is 1.38. The molecule has 2 rings (SSSR count). The third-order valence-corrected chi connectivity index (χ3v) is 2.19. The number of rotatable bonds is 4. The average Bonchev–Trinajstić information content (AvgIpc) is 2.77. The normalized spacial score (nSPS) is 10.8. The molecule has 0 saturated carbocycles. The Hall–Kier alpha value is -2.08. The Kier molecular flexibility index (Phi) is 3.56. The first-order valence-electron chi connectivity index (χ1n) is 4.94. The lowest BCUT2D eigenvalue weighted by Crippen LogP contribution is -2.02. The first kappa shape index (κ1) is 11.4. The monoisotopic (exact) mass is 246 g/mol. The second-order valence-corrected chi connectivity index (χ2v) is 3.53. The molecule has 2 aromatic rings. The van der Waals surface area contributed by atoms with E-state index in [1.807, 2.05) is 0 Å². The van der Waals surface area contributed by atoms with Crippen LogP contribution in [-0.4, -0.2) is 31.5 Å². The Bertz CT molecular complexity index is 550. The highest BCUT2D eigenvalue weighted by Gasteiger charge is 2.03. The van der Waals surface area contributed by atoms with Crippen molar-refractivity contribution in [1.29, 1.82) is 0 Å². The smallest absolute Gasteiger partial charge is 0.173 e. The van der Waals surface area contributed by atoms with Crippen LogP contribution in [0.1, 0.15) is 5.69 Å². The highest BCUT2D eigenvalue weighted by atomic mass is 32.1. The van der Waals surface area contributed by atoms with Gasteiger partial charge in [0.05, 0.1) is 6.54 Å². The predicted octanol–water partition coefficient (Wildman–Crippen LogP) is 1.73. The fraction of sp³-hybridized carbons (Fsp3) is 0.0909. The summed E-state index contributed by atoms with van der Waals surface area (Å²) in [5.74, 6) is 0.730. The van der Waals surface area contributed by atoms with E-state index in [-0.39, 0.29) is 5.75 Å². The molecule has 0 aliphatic heterocycles. The zero-order valence-corrected chi connectivity index (χ0v) is 9.71. The summed E-state index contributed by atoms with van der Waals surface area (Å²) in [5.41, 5.74) is 0.570. The lowest BCUT2D eigenvalue weighted by atomic mass is 10.3. The standard InChI is InChI=1S/C11H10N4OS/c16-10-2-1-4-12-9(10)8-15-6-3-11(14-15)13-5-7-17/h1-7,16H,8H2. The minimum Gasteiger partial charge on any atom is -0.506 e. The molecule has 0 amide bonds. The topological polar surface area (TPSA) is 63.3 Å². The van der Waals surface area contributed by atoms with Gasteiger partial charge in [0, 0.05) is 30.0 Å². The molecule has 0 radical (unpaired) electrons. The number of hydrogen-bond acceptors (Lipinski definition) is 5. The van der Waals surface area contributed by atoms with Crippen molar-refractivity contribution < 1.29 is 5.11 Å². The number of aromatic nitrogens is 3. The van der Waals surface area contributed by atoms with E-state index in [1.54, 1.807) is 35.3 Å². The van der Waals surface area contributed by atoms with Gasteiger partial charge in [0.2, 0.25) is 0 Å². The summed E-state index contributed by atoms with van der Waals surface area (Å²) in [6.07, 6.45) is 4.90. The van der Waals surface area contributed by atoms with Crippen molar-refractivity contribution in [1.82, 2.24) is 14.8 Å². The first-order chi connectivity index (χ1) is 8.29. The maximum absolute atomic E-state index is 9.57. The number of aliphatic imine (C=N–C) groups is 1. The van der Waals surface area contributed by atoms with E-state index in [0.29, 0.717) is 18.1 Å². The van der Waals surface area contributed by atoms with Gasteiger partial charge in [-0.2, -0.15) is 5.10 Å². The molecule has 0 aromatic carbocycles. The van der Waals surface area contributed by atoms with E-state index in [2.05, 4.69) is 27.3 Å². The molecule has 2 heterocycles. The highest BCUT2D eigenvalue weighted by molar-refractivity contribution is 7.80. The average molecular weight is 246 g/mol. The molecule has 0 spiro atoms. The van der Waals surface area contributed by atoms with E-state index < -0.39 is 0 Å². The van der Waals surface area contributed by atoms with Crippen molar-refractivity contribution in [2.24, 2.45) is 4.99 Å². The van der Waals surface area contributed by atoms with Crippen LogP contribution in [0.2, 0.25) is 0 Å². The third-order valence-electron chi connectivity index (χ3n) is 2.07. The largest absolute Gasteiger partial charge is 0.506 e. The van der Waals surface area contributed by atoms with Gasteiger partial charge in [-0.15, -0.1) is 0 Å². The summed E-state index contributed by atoms with van der Waals surface area (Å²) in [7, 11) is 0. The summed E-state index contributed by atoms with van der Waals surface area (Å²) in [4.78, 5) is 8.08. The van der Waals surface area contributed by atoms with Gasteiger partial charge < -0.3 is 5.11 Å². The Morgan fingerprint density at radius 1 is 1.47 bits per heavy atom. The van der Waals surface area contributed by atoms with Crippen molar-refractivity contribution in [3.63, 3.8) is 0 Å². The lowest BCUT2D eigenvalue weighted by molar-refractivity contribution is 0.459. The highest BCUT2D eigenvalue weighted by Crippen LogP contribution is 2.14. The van der Waals surface area contributed by atoms with Crippen LogP contribution >= 0.6 is 12.2 Å². The first-order valence-corrected chi connectivity index (χ1v) is 5.41. The van der Waals surface area contributed by atoms with E-state index in [4.69, 9.17) is 0 Å². The van der Waals surface area contributed by atoms with Crippen LogP contribution in [0.25, 0.3) is 0 Å². The van der Waals surface area contributed by atoms with Crippen molar-refractivity contribution in [2.75, 3.05) is 0 Å². The van der Waals surface area contributed by atoms with Gasteiger partial charge >= 0.3 is 0 Å². The van der Waals surface area contributed by atoms with Crippen LogP contribution in [0.3, 0.4) is 0 Å². The number of thiocarbonyl (C=S) groups is 1. The Balaban J connectivity index is 2.14. The quantitative estimate of drug-likeness (QED) is 0.659. The molecule has 0 aliphatic rings. The minimum absolute atomic E-state index is 0.159. The van der Waals surface area contributed by atoms with Crippen molar-refractivity contribution in [2.45, 2.75) is 6.54 Å². The zero-order chi connectivity index (χ0) is 12.1. The molecule has 0 unspecified atom stereocenters. The molecule has 17 heavy (non-hydrogen) atoms. The van der Waals surface area contributed by atoms with Crippen LogP contribution in [-0.2, 0) is 6.54 Å². The summed E-state index contributed by atoms with van der Waals surface area (Å²) < 4.78 is 1.65. The van der Waals surface area contributed by atoms with E-state index in [0.717, 1.165) is 0 Å². The summed E-state index contributed by atoms with van der Waals surface area (Å²) in [6.45, 7) is 0.403.